The summed E-state index contributed by atoms with van der Waals surface area (Å²) in [5, 5.41) is 0. The van der Waals surface area contributed by atoms with E-state index in [0.29, 0.717) is 0 Å². The SMILES string of the molecule is CCCCCC(C)(CN)N1CCCOCC1. The van der Waals surface area contributed by atoms with Gasteiger partial charge in [-0.1, -0.05) is 26.2 Å². The van der Waals surface area contributed by atoms with Crippen LogP contribution in [0.15, 0.2) is 0 Å². The lowest BCUT2D eigenvalue weighted by Gasteiger charge is -2.40. The number of hydrogen-bond donors (Lipinski definition) is 1. The molecular weight excluding hydrogens is 200 g/mol. The minimum absolute atomic E-state index is 0.183. The first-order chi connectivity index (χ1) is 7.73. The van der Waals surface area contributed by atoms with Crippen LogP contribution in [0, 0.1) is 0 Å². The summed E-state index contributed by atoms with van der Waals surface area (Å²) in [5.74, 6) is 0. The van der Waals surface area contributed by atoms with Gasteiger partial charge in [0.2, 0.25) is 0 Å². The summed E-state index contributed by atoms with van der Waals surface area (Å²) in [7, 11) is 0. The van der Waals surface area contributed by atoms with E-state index in [0.717, 1.165) is 39.3 Å². The van der Waals surface area contributed by atoms with Crippen LogP contribution in [0.5, 0.6) is 0 Å². The van der Waals surface area contributed by atoms with Gasteiger partial charge in [-0.15, -0.1) is 0 Å². The molecule has 3 nitrogen and oxygen atoms in total. The van der Waals surface area contributed by atoms with Crippen molar-refractivity contribution in [3.05, 3.63) is 0 Å². The summed E-state index contributed by atoms with van der Waals surface area (Å²) < 4.78 is 5.51. The summed E-state index contributed by atoms with van der Waals surface area (Å²) >= 11 is 0. The number of nitrogens with zero attached hydrogens (tertiary/aromatic N) is 1. The Balaban J connectivity index is 2.47. The van der Waals surface area contributed by atoms with Gasteiger partial charge in [-0.05, 0) is 19.8 Å². The van der Waals surface area contributed by atoms with Crippen LogP contribution in [0.4, 0.5) is 0 Å². The third-order valence-electron chi connectivity index (χ3n) is 3.74. The molecule has 16 heavy (non-hydrogen) atoms. The molecule has 0 spiro atoms. The van der Waals surface area contributed by atoms with Gasteiger partial charge in [0.1, 0.15) is 0 Å². The summed E-state index contributed by atoms with van der Waals surface area (Å²) in [6.07, 6.45) is 6.26. The van der Waals surface area contributed by atoms with Crippen LogP contribution in [0.25, 0.3) is 0 Å². The number of ether oxygens (including phenoxy) is 1. The van der Waals surface area contributed by atoms with Gasteiger partial charge >= 0.3 is 0 Å². The molecule has 3 heteroatoms. The maximum absolute atomic E-state index is 5.99. The first-order valence-corrected chi connectivity index (χ1v) is 6.76. The number of hydrogen-bond acceptors (Lipinski definition) is 3. The van der Waals surface area contributed by atoms with Gasteiger partial charge in [-0.25, -0.2) is 0 Å². The molecule has 0 bridgehead atoms. The lowest BCUT2D eigenvalue weighted by molar-refractivity contribution is 0.0860. The molecule has 2 N–H and O–H groups in total. The Morgan fingerprint density at radius 1 is 1.25 bits per heavy atom. The molecule has 96 valence electrons. The Morgan fingerprint density at radius 2 is 2.06 bits per heavy atom. The second-order valence-corrected chi connectivity index (χ2v) is 5.11. The highest BCUT2D eigenvalue weighted by Crippen LogP contribution is 2.22. The van der Waals surface area contributed by atoms with Crippen molar-refractivity contribution in [2.75, 3.05) is 32.8 Å². The Labute approximate surface area is 100 Å². The maximum atomic E-state index is 5.99. The van der Waals surface area contributed by atoms with E-state index in [1.807, 2.05) is 0 Å². The van der Waals surface area contributed by atoms with Gasteiger partial charge in [-0.2, -0.15) is 0 Å². The van der Waals surface area contributed by atoms with Gasteiger partial charge in [0.25, 0.3) is 0 Å². The van der Waals surface area contributed by atoms with Crippen molar-refractivity contribution in [2.45, 2.75) is 51.5 Å². The average Bonchev–Trinajstić information content (AvgIpc) is 2.58. The van der Waals surface area contributed by atoms with Crippen LogP contribution in [0.2, 0.25) is 0 Å². The summed E-state index contributed by atoms with van der Waals surface area (Å²) in [6.45, 7) is 9.28. The quantitative estimate of drug-likeness (QED) is 0.707. The molecule has 1 rings (SSSR count). The van der Waals surface area contributed by atoms with Gasteiger partial charge in [0.05, 0.1) is 6.61 Å². The minimum atomic E-state index is 0.183. The molecule has 1 heterocycles. The van der Waals surface area contributed by atoms with Crippen LogP contribution in [-0.2, 0) is 4.74 Å². The van der Waals surface area contributed by atoms with Crippen molar-refractivity contribution < 1.29 is 4.74 Å². The van der Waals surface area contributed by atoms with Crippen molar-refractivity contribution in [3.8, 4) is 0 Å². The second kappa shape index (κ2) is 7.25. The number of unbranched alkanes of at least 4 members (excludes halogenated alkanes) is 2. The molecule has 0 aromatic heterocycles. The second-order valence-electron chi connectivity index (χ2n) is 5.11. The predicted octanol–water partition coefficient (Wildman–Crippen LogP) is 2.01. The average molecular weight is 228 g/mol. The van der Waals surface area contributed by atoms with Crippen molar-refractivity contribution in [1.29, 1.82) is 0 Å². The topological polar surface area (TPSA) is 38.5 Å². The van der Waals surface area contributed by atoms with E-state index in [2.05, 4.69) is 18.7 Å². The van der Waals surface area contributed by atoms with Crippen molar-refractivity contribution in [2.24, 2.45) is 5.73 Å². The van der Waals surface area contributed by atoms with E-state index in [1.54, 1.807) is 0 Å². The van der Waals surface area contributed by atoms with Crippen LogP contribution < -0.4 is 5.73 Å². The molecule has 1 aliphatic heterocycles. The lowest BCUT2D eigenvalue weighted by atomic mass is 9.92. The molecule has 0 aliphatic carbocycles. The van der Waals surface area contributed by atoms with E-state index in [1.165, 1.54) is 25.7 Å². The van der Waals surface area contributed by atoms with E-state index in [9.17, 15) is 0 Å². The van der Waals surface area contributed by atoms with Crippen LogP contribution >= 0.6 is 0 Å². The normalized spacial score (nSPS) is 22.7. The Morgan fingerprint density at radius 3 is 2.75 bits per heavy atom. The zero-order chi connectivity index (χ0) is 11.9. The fraction of sp³-hybridized carbons (Fsp3) is 1.00. The molecule has 0 radical (unpaired) electrons. The van der Waals surface area contributed by atoms with Crippen molar-refractivity contribution in [1.82, 2.24) is 4.90 Å². The standard InChI is InChI=1S/C13H28N2O/c1-3-4-5-7-13(2,12-14)15-8-6-10-16-11-9-15/h3-12,14H2,1-2H3. The highest BCUT2D eigenvalue weighted by molar-refractivity contribution is 4.87. The van der Waals surface area contributed by atoms with Crippen LogP contribution in [0.1, 0.15) is 46.0 Å². The molecule has 1 saturated heterocycles. The van der Waals surface area contributed by atoms with E-state index in [-0.39, 0.29) is 5.54 Å². The molecular formula is C13H28N2O. The molecule has 0 saturated carbocycles. The Hall–Kier alpha value is -0.120. The minimum Gasteiger partial charge on any atom is -0.380 e. The van der Waals surface area contributed by atoms with E-state index >= 15 is 0 Å². The third kappa shape index (κ3) is 4.04. The van der Waals surface area contributed by atoms with E-state index in [4.69, 9.17) is 10.5 Å². The van der Waals surface area contributed by atoms with Gasteiger partial charge < -0.3 is 10.5 Å². The smallest absolute Gasteiger partial charge is 0.0593 e. The molecule has 1 aliphatic rings. The first-order valence-electron chi connectivity index (χ1n) is 6.76. The highest BCUT2D eigenvalue weighted by atomic mass is 16.5. The van der Waals surface area contributed by atoms with E-state index < -0.39 is 0 Å². The molecule has 1 atom stereocenters. The zero-order valence-electron chi connectivity index (χ0n) is 11.0. The zero-order valence-corrected chi connectivity index (χ0v) is 11.0. The fourth-order valence-electron chi connectivity index (χ4n) is 2.43. The maximum Gasteiger partial charge on any atom is 0.0593 e. The fourth-order valence-corrected chi connectivity index (χ4v) is 2.43. The predicted molar refractivity (Wildman–Crippen MR) is 68.6 cm³/mol. The molecule has 0 aromatic rings. The number of nitrogens with two attached hydrogens (primary N) is 1. The highest BCUT2D eigenvalue weighted by Gasteiger charge is 2.30. The lowest BCUT2D eigenvalue weighted by Crippen LogP contribution is -2.52. The molecule has 1 unspecified atom stereocenters. The van der Waals surface area contributed by atoms with Crippen LogP contribution in [0.3, 0.4) is 0 Å². The van der Waals surface area contributed by atoms with Crippen LogP contribution in [-0.4, -0.2) is 43.3 Å². The number of rotatable bonds is 6. The largest absolute Gasteiger partial charge is 0.380 e. The van der Waals surface area contributed by atoms with Gasteiger partial charge in [0.15, 0.2) is 0 Å². The summed E-state index contributed by atoms with van der Waals surface area (Å²) in [5.41, 5.74) is 6.17. The summed E-state index contributed by atoms with van der Waals surface area (Å²) in [4.78, 5) is 2.54. The monoisotopic (exact) mass is 228 g/mol. The Kier molecular flexibility index (Phi) is 6.32. The van der Waals surface area contributed by atoms with Gasteiger partial charge in [0, 0.05) is 31.8 Å². The molecule has 0 amide bonds. The third-order valence-corrected chi connectivity index (χ3v) is 3.74. The molecule has 0 aromatic carbocycles. The Bertz CT molecular complexity index is 179. The first kappa shape index (κ1) is 13.9. The summed E-state index contributed by atoms with van der Waals surface area (Å²) in [6, 6.07) is 0. The van der Waals surface area contributed by atoms with Crippen molar-refractivity contribution in [3.63, 3.8) is 0 Å². The van der Waals surface area contributed by atoms with Crippen molar-refractivity contribution >= 4 is 0 Å². The molecule has 1 fully saturated rings. The van der Waals surface area contributed by atoms with Gasteiger partial charge in [-0.3, -0.25) is 4.90 Å².